The van der Waals surface area contributed by atoms with Gasteiger partial charge >= 0.3 is 0 Å². The Hall–Kier alpha value is -3.56. The zero-order valence-electron chi connectivity index (χ0n) is 17.3. The third-order valence-corrected chi connectivity index (χ3v) is 6.02. The molecular weight excluding hydrogens is 394 g/mol. The van der Waals surface area contributed by atoms with Crippen molar-refractivity contribution in [2.45, 2.75) is 12.8 Å². The number of hydrogen-bond acceptors (Lipinski definition) is 8. The lowest BCUT2D eigenvalue weighted by molar-refractivity contribution is -0.136. The minimum Gasteiger partial charge on any atom is -0.355 e. The summed E-state index contributed by atoms with van der Waals surface area (Å²) in [6, 6.07) is 9.78. The number of nitrogens with zero attached hydrogens (tertiary/aromatic N) is 9. The van der Waals surface area contributed by atoms with Gasteiger partial charge in [-0.05, 0) is 37.1 Å². The average Bonchev–Trinajstić information content (AvgIpc) is 3.40. The van der Waals surface area contributed by atoms with E-state index in [0.29, 0.717) is 5.82 Å². The van der Waals surface area contributed by atoms with Gasteiger partial charge in [0, 0.05) is 51.4 Å². The Morgan fingerprint density at radius 2 is 1.58 bits per heavy atom. The van der Waals surface area contributed by atoms with E-state index in [1.165, 1.54) is 6.33 Å². The number of aromatic nitrogens is 6. The molecule has 1 amide bonds. The van der Waals surface area contributed by atoms with E-state index < -0.39 is 0 Å². The zero-order chi connectivity index (χ0) is 21.0. The fraction of sp³-hybridized carbons (Fsp3) is 0.429. The van der Waals surface area contributed by atoms with Gasteiger partial charge in [0.2, 0.25) is 5.91 Å². The van der Waals surface area contributed by atoms with E-state index in [2.05, 4.69) is 35.1 Å². The van der Waals surface area contributed by atoms with Crippen molar-refractivity contribution in [2.24, 2.45) is 5.92 Å². The van der Waals surface area contributed by atoms with Crippen molar-refractivity contribution in [1.29, 1.82) is 0 Å². The van der Waals surface area contributed by atoms with Crippen LogP contribution in [0.15, 0.2) is 49.2 Å². The standard InChI is InChI=1S/C21H25N9O/c31-21(29-13-11-28(12-14-29)18-3-1-2-8-23-18)17-6-9-27(10-7-17)19-4-5-20(26-25-19)30-16-22-15-24-30/h1-5,8,15-17H,6-7,9-14H2. The molecule has 10 heteroatoms. The molecule has 0 atom stereocenters. The minimum atomic E-state index is 0.0834. The summed E-state index contributed by atoms with van der Waals surface area (Å²) in [5, 5.41) is 12.6. The van der Waals surface area contributed by atoms with E-state index in [0.717, 1.165) is 63.7 Å². The van der Waals surface area contributed by atoms with Crippen molar-refractivity contribution >= 4 is 17.5 Å². The molecule has 160 valence electrons. The van der Waals surface area contributed by atoms with Gasteiger partial charge < -0.3 is 14.7 Å². The molecule has 5 heterocycles. The summed E-state index contributed by atoms with van der Waals surface area (Å²) in [7, 11) is 0. The van der Waals surface area contributed by atoms with Gasteiger partial charge in [-0.2, -0.15) is 5.10 Å². The Balaban J connectivity index is 1.12. The molecular formula is C21H25N9O. The average molecular weight is 419 g/mol. The Kier molecular flexibility index (Phi) is 5.42. The van der Waals surface area contributed by atoms with Crippen molar-refractivity contribution in [3.63, 3.8) is 0 Å². The van der Waals surface area contributed by atoms with Gasteiger partial charge in [-0.25, -0.2) is 14.6 Å². The van der Waals surface area contributed by atoms with Gasteiger partial charge in [-0.1, -0.05) is 6.07 Å². The Bertz CT molecular complexity index is 977. The lowest BCUT2D eigenvalue weighted by atomic mass is 9.95. The third kappa shape index (κ3) is 4.18. The third-order valence-electron chi connectivity index (χ3n) is 6.02. The summed E-state index contributed by atoms with van der Waals surface area (Å²) in [6.07, 6.45) is 6.55. The fourth-order valence-corrected chi connectivity index (χ4v) is 4.25. The van der Waals surface area contributed by atoms with Crippen LogP contribution in [0.4, 0.5) is 11.6 Å². The molecule has 0 aromatic carbocycles. The van der Waals surface area contributed by atoms with Gasteiger partial charge in [0.05, 0.1) is 0 Å². The monoisotopic (exact) mass is 419 g/mol. The van der Waals surface area contributed by atoms with Gasteiger partial charge in [0.1, 0.15) is 18.5 Å². The molecule has 2 fully saturated rings. The molecule has 0 N–H and O–H groups in total. The molecule has 0 spiro atoms. The van der Waals surface area contributed by atoms with Crippen LogP contribution >= 0.6 is 0 Å². The van der Waals surface area contributed by atoms with Crippen molar-refractivity contribution in [3.8, 4) is 5.82 Å². The molecule has 2 aliphatic heterocycles. The van der Waals surface area contributed by atoms with Crippen LogP contribution in [0.25, 0.3) is 5.82 Å². The SMILES string of the molecule is O=C(C1CCN(c2ccc(-n3cncn3)nn2)CC1)N1CCN(c2ccccn2)CC1. The number of piperazine rings is 1. The van der Waals surface area contributed by atoms with E-state index in [9.17, 15) is 4.79 Å². The Morgan fingerprint density at radius 3 is 2.23 bits per heavy atom. The quantitative estimate of drug-likeness (QED) is 0.618. The number of rotatable bonds is 4. The molecule has 0 saturated carbocycles. The van der Waals surface area contributed by atoms with Crippen LogP contribution in [0.5, 0.6) is 0 Å². The van der Waals surface area contributed by atoms with Gasteiger partial charge in [0.25, 0.3) is 0 Å². The number of anilines is 2. The highest BCUT2D eigenvalue weighted by Crippen LogP contribution is 2.24. The molecule has 2 saturated heterocycles. The molecule has 3 aromatic heterocycles. The lowest BCUT2D eigenvalue weighted by Crippen LogP contribution is -2.52. The second-order valence-electron chi connectivity index (χ2n) is 7.85. The molecule has 10 nitrogen and oxygen atoms in total. The van der Waals surface area contributed by atoms with E-state index in [4.69, 9.17) is 0 Å². The van der Waals surface area contributed by atoms with Crippen LogP contribution in [0.1, 0.15) is 12.8 Å². The second kappa shape index (κ2) is 8.66. The predicted molar refractivity (Wildman–Crippen MR) is 115 cm³/mol. The van der Waals surface area contributed by atoms with Gasteiger partial charge in [-0.15, -0.1) is 10.2 Å². The fourth-order valence-electron chi connectivity index (χ4n) is 4.25. The van der Waals surface area contributed by atoms with Crippen molar-refractivity contribution in [1.82, 2.24) is 34.8 Å². The molecule has 5 rings (SSSR count). The van der Waals surface area contributed by atoms with Crippen LogP contribution in [0, 0.1) is 5.92 Å². The molecule has 0 bridgehead atoms. The van der Waals surface area contributed by atoms with Crippen molar-refractivity contribution in [3.05, 3.63) is 49.2 Å². The molecule has 3 aromatic rings. The van der Waals surface area contributed by atoms with Gasteiger partial charge in [0.15, 0.2) is 11.6 Å². The Morgan fingerprint density at radius 1 is 0.839 bits per heavy atom. The van der Waals surface area contributed by atoms with Crippen molar-refractivity contribution < 1.29 is 4.79 Å². The summed E-state index contributed by atoms with van der Waals surface area (Å²) < 4.78 is 1.58. The summed E-state index contributed by atoms with van der Waals surface area (Å²) in [4.78, 5) is 27.8. The molecule has 0 radical (unpaired) electrons. The maximum absolute atomic E-state index is 13.0. The number of amides is 1. The van der Waals surface area contributed by atoms with Crippen molar-refractivity contribution in [2.75, 3.05) is 49.1 Å². The normalized spacial score (nSPS) is 17.7. The van der Waals surface area contributed by atoms with E-state index >= 15 is 0 Å². The summed E-state index contributed by atoms with van der Waals surface area (Å²) >= 11 is 0. The number of piperidine rings is 1. The maximum atomic E-state index is 13.0. The molecule has 0 aliphatic carbocycles. The smallest absolute Gasteiger partial charge is 0.225 e. The van der Waals surface area contributed by atoms with E-state index in [-0.39, 0.29) is 11.8 Å². The predicted octanol–water partition coefficient (Wildman–Crippen LogP) is 1.02. The zero-order valence-corrected chi connectivity index (χ0v) is 17.3. The van der Waals surface area contributed by atoms with Crippen LogP contribution < -0.4 is 9.80 Å². The summed E-state index contributed by atoms with van der Waals surface area (Å²) in [6.45, 7) is 4.78. The number of hydrogen-bond donors (Lipinski definition) is 0. The number of pyridine rings is 1. The van der Waals surface area contributed by atoms with Crippen LogP contribution in [0.3, 0.4) is 0 Å². The number of carbonyl (C=O) groups is 1. The first-order chi connectivity index (χ1) is 15.3. The number of carbonyl (C=O) groups excluding carboxylic acids is 1. The van der Waals surface area contributed by atoms with Crippen LogP contribution in [0.2, 0.25) is 0 Å². The first-order valence-electron chi connectivity index (χ1n) is 10.7. The first-order valence-corrected chi connectivity index (χ1v) is 10.7. The molecule has 31 heavy (non-hydrogen) atoms. The lowest BCUT2D eigenvalue weighted by Gasteiger charge is -2.39. The topological polar surface area (TPSA) is 96.2 Å². The molecule has 0 unspecified atom stereocenters. The minimum absolute atomic E-state index is 0.0834. The summed E-state index contributed by atoms with van der Waals surface area (Å²) in [5.41, 5.74) is 0. The molecule has 2 aliphatic rings. The highest BCUT2D eigenvalue weighted by atomic mass is 16.2. The Labute approximate surface area is 180 Å². The largest absolute Gasteiger partial charge is 0.355 e. The van der Waals surface area contributed by atoms with Crippen LogP contribution in [-0.4, -0.2) is 80.0 Å². The van der Waals surface area contributed by atoms with Crippen LogP contribution in [-0.2, 0) is 4.79 Å². The van der Waals surface area contributed by atoms with E-state index in [1.807, 2.05) is 41.4 Å². The maximum Gasteiger partial charge on any atom is 0.225 e. The summed E-state index contributed by atoms with van der Waals surface area (Å²) in [5.74, 6) is 2.82. The highest BCUT2D eigenvalue weighted by Gasteiger charge is 2.31. The first kappa shape index (κ1) is 19.4. The van der Waals surface area contributed by atoms with Gasteiger partial charge in [-0.3, -0.25) is 4.79 Å². The second-order valence-corrected chi connectivity index (χ2v) is 7.85. The highest BCUT2D eigenvalue weighted by molar-refractivity contribution is 5.79. The van der Waals surface area contributed by atoms with E-state index in [1.54, 1.807) is 11.0 Å².